The molecule has 3 rings (SSSR count). The number of rotatable bonds is 7. The van der Waals surface area contributed by atoms with Gasteiger partial charge in [0, 0.05) is 12.3 Å². The molecule has 2 amide bonds. The molecule has 0 unspecified atom stereocenters. The quantitative estimate of drug-likeness (QED) is 0.715. The summed E-state index contributed by atoms with van der Waals surface area (Å²) >= 11 is 0. The Morgan fingerprint density at radius 1 is 1.04 bits per heavy atom. The Morgan fingerprint density at radius 3 is 2.14 bits per heavy atom. The van der Waals surface area contributed by atoms with Gasteiger partial charge in [-0.25, -0.2) is 9.59 Å². The summed E-state index contributed by atoms with van der Waals surface area (Å²) in [5, 5.41) is 2.45. The van der Waals surface area contributed by atoms with Crippen molar-refractivity contribution in [3.05, 3.63) is 59.7 Å². The summed E-state index contributed by atoms with van der Waals surface area (Å²) in [7, 11) is 1.21. The summed E-state index contributed by atoms with van der Waals surface area (Å²) in [6, 6.07) is 15.0. The van der Waals surface area contributed by atoms with Gasteiger partial charge in [0.15, 0.2) is 0 Å². The molecule has 1 atom stereocenters. The first-order valence-electron chi connectivity index (χ1n) is 8.99. The van der Waals surface area contributed by atoms with Crippen LogP contribution in [0.2, 0.25) is 0 Å². The van der Waals surface area contributed by atoms with Crippen LogP contribution < -0.4 is 11.1 Å². The molecular weight excluding hydrogens is 360 g/mol. The fourth-order valence-electron chi connectivity index (χ4n) is 3.46. The molecule has 146 valence electrons. The van der Waals surface area contributed by atoms with Crippen molar-refractivity contribution in [1.82, 2.24) is 5.32 Å². The Kier molecular flexibility index (Phi) is 5.93. The second kappa shape index (κ2) is 8.56. The van der Waals surface area contributed by atoms with Crippen LogP contribution in [0.4, 0.5) is 4.79 Å². The summed E-state index contributed by atoms with van der Waals surface area (Å²) < 4.78 is 10.1. The predicted molar refractivity (Wildman–Crippen MR) is 102 cm³/mol. The van der Waals surface area contributed by atoms with Crippen molar-refractivity contribution in [2.75, 3.05) is 13.7 Å². The molecule has 0 bridgehead atoms. The molecule has 0 heterocycles. The number of esters is 1. The highest BCUT2D eigenvalue weighted by molar-refractivity contribution is 5.83. The van der Waals surface area contributed by atoms with Crippen molar-refractivity contribution >= 4 is 18.0 Å². The zero-order valence-corrected chi connectivity index (χ0v) is 15.5. The molecule has 3 N–H and O–H groups in total. The van der Waals surface area contributed by atoms with Gasteiger partial charge in [-0.1, -0.05) is 48.5 Å². The first-order chi connectivity index (χ1) is 13.5. The maximum atomic E-state index is 12.2. The molecule has 28 heavy (non-hydrogen) atoms. The summed E-state index contributed by atoms with van der Waals surface area (Å²) in [4.78, 5) is 35.0. The van der Waals surface area contributed by atoms with Crippen molar-refractivity contribution in [3.63, 3.8) is 0 Å². The Balaban J connectivity index is 1.67. The number of ether oxygens (including phenoxy) is 2. The van der Waals surface area contributed by atoms with Crippen LogP contribution in [0.1, 0.15) is 29.9 Å². The monoisotopic (exact) mass is 382 g/mol. The van der Waals surface area contributed by atoms with E-state index in [0.717, 1.165) is 22.3 Å². The molecule has 0 aromatic heterocycles. The average molecular weight is 382 g/mol. The van der Waals surface area contributed by atoms with Gasteiger partial charge in [-0.15, -0.1) is 0 Å². The minimum Gasteiger partial charge on any atom is -0.467 e. The lowest BCUT2D eigenvalue weighted by Crippen LogP contribution is -2.42. The van der Waals surface area contributed by atoms with Crippen molar-refractivity contribution < 1.29 is 23.9 Å². The maximum absolute atomic E-state index is 12.2. The molecule has 0 saturated heterocycles. The Hall–Kier alpha value is -3.35. The first kappa shape index (κ1) is 19.4. The van der Waals surface area contributed by atoms with Gasteiger partial charge in [0.1, 0.15) is 12.6 Å². The van der Waals surface area contributed by atoms with E-state index in [1.165, 1.54) is 7.11 Å². The lowest BCUT2D eigenvalue weighted by molar-refractivity contribution is -0.143. The highest BCUT2D eigenvalue weighted by atomic mass is 16.6. The number of carbonyl (C=O) groups is 3. The number of alkyl carbamates (subject to hydrolysis) is 1. The average Bonchev–Trinajstić information content (AvgIpc) is 3.02. The summed E-state index contributed by atoms with van der Waals surface area (Å²) in [5.41, 5.74) is 9.55. The molecule has 7 nitrogen and oxygen atoms in total. The van der Waals surface area contributed by atoms with Gasteiger partial charge >= 0.3 is 12.1 Å². The van der Waals surface area contributed by atoms with E-state index in [1.54, 1.807) is 0 Å². The fourth-order valence-corrected chi connectivity index (χ4v) is 3.46. The van der Waals surface area contributed by atoms with E-state index >= 15 is 0 Å². The van der Waals surface area contributed by atoms with E-state index in [-0.39, 0.29) is 25.4 Å². The summed E-state index contributed by atoms with van der Waals surface area (Å²) in [6.07, 6.45) is -0.753. The van der Waals surface area contributed by atoms with Crippen molar-refractivity contribution in [2.24, 2.45) is 5.73 Å². The van der Waals surface area contributed by atoms with Crippen LogP contribution in [0, 0.1) is 0 Å². The third-order valence-corrected chi connectivity index (χ3v) is 4.80. The fraction of sp³-hybridized carbons (Fsp3) is 0.286. The lowest BCUT2D eigenvalue weighted by atomic mass is 9.98. The van der Waals surface area contributed by atoms with Gasteiger partial charge in [0.2, 0.25) is 5.91 Å². The molecule has 2 aromatic rings. The topological polar surface area (TPSA) is 108 Å². The van der Waals surface area contributed by atoms with Gasteiger partial charge in [-0.3, -0.25) is 4.79 Å². The molecule has 1 aliphatic rings. The first-order valence-corrected chi connectivity index (χ1v) is 8.99. The van der Waals surface area contributed by atoms with Gasteiger partial charge < -0.3 is 20.5 Å². The minimum absolute atomic E-state index is 0.0478. The minimum atomic E-state index is -0.992. The van der Waals surface area contributed by atoms with E-state index in [9.17, 15) is 14.4 Å². The maximum Gasteiger partial charge on any atom is 0.407 e. The van der Waals surface area contributed by atoms with Gasteiger partial charge in [-0.2, -0.15) is 0 Å². The van der Waals surface area contributed by atoms with Crippen LogP contribution in [-0.4, -0.2) is 37.7 Å². The third-order valence-electron chi connectivity index (χ3n) is 4.80. The molecule has 7 heteroatoms. The Bertz CT molecular complexity index is 850. The van der Waals surface area contributed by atoms with Crippen LogP contribution in [0.15, 0.2) is 48.5 Å². The SMILES string of the molecule is COC(=O)[C@H](CCC(N)=O)NC(=O)OCC1c2ccccc2-c2ccccc21. The Labute approximate surface area is 162 Å². The summed E-state index contributed by atoms with van der Waals surface area (Å²) in [5.74, 6) is -1.31. The van der Waals surface area contributed by atoms with Crippen LogP contribution in [0.5, 0.6) is 0 Å². The number of nitrogens with two attached hydrogens (primary N) is 1. The largest absolute Gasteiger partial charge is 0.467 e. The normalized spacial score (nSPS) is 13.2. The number of carbonyl (C=O) groups excluding carboxylic acids is 3. The molecule has 0 spiro atoms. The molecular formula is C21H22N2O5. The molecule has 2 aromatic carbocycles. The smallest absolute Gasteiger partial charge is 0.407 e. The second-order valence-corrected chi connectivity index (χ2v) is 6.55. The highest BCUT2D eigenvalue weighted by Crippen LogP contribution is 2.44. The van der Waals surface area contributed by atoms with Crippen molar-refractivity contribution in [2.45, 2.75) is 24.8 Å². The second-order valence-electron chi connectivity index (χ2n) is 6.55. The molecule has 0 radical (unpaired) electrons. The van der Waals surface area contributed by atoms with E-state index in [4.69, 9.17) is 10.5 Å². The van der Waals surface area contributed by atoms with E-state index in [1.807, 2.05) is 48.5 Å². The molecule has 0 saturated carbocycles. The molecule has 0 aliphatic heterocycles. The van der Waals surface area contributed by atoms with Crippen LogP contribution in [-0.2, 0) is 19.1 Å². The lowest BCUT2D eigenvalue weighted by Gasteiger charge is -2.18. The van der Waals surface area contributed by atoms with Crippen molar-refractivity contribution in [3.8, 4) is 11.1 Å². The Morgan fingerprint density at radius 2 is 1.61 bits per heavy atom. The van der Waals surface area contributed by atoms with Crippen LogP contribution in [0.3, 0.4) is 0 Å². The number of benzene rings is 2. The number of amides is 2. The van der Waals surface area contributed by atoms with E-state index in [2.05, 4.69) is 10.1 Å². The van der Waals surface area contributed by atoms with E-state index in [0.29, 0.717) is 0 Å². The predicted octanol–water partition coefficient (Wildman–Crippen LogP) is 2.33. The number of primary amides is 1. The van der Waals surface area contributed by atoms with Crippen molar-refractivity contribution in [1.29, 1.82) is 0 Å². The third kappa shape index (κ3) is 4.14. The number of methoxy groups -OCH3 is 1. The van der Waals surface area contributed by atoms with Gasteiger partial charge in [0.25, 0.3) is 0 Å². The number of fused-ring (bicyclic) bond motifs is 3. The standard InChI is InChI=1S/C21H22N2O5/c1-27-20(25)18(10-11-19(22)24)23-21(26)28-12-17-15-8-4-2-6-13(15)14-7-3-5-9-16(14)17/h2-9,17-18H,10-12H2,1H3,(H2,22,24)(H,23,26)/t18-/m0/s1. The zero-order valence-electron chi connectivity index (χ0n) is 15.5. The number of hydrogen-bond acceptors (Lipinski definition) is 5. The number of nitrogens with one attached hydrogen (secondary N) is 1. The van der Waals surface area contributed by atoms with Crippen LogP contribution >= 0.6 is 0 Å². The van der Waals surface area contributed by atoms with Crippen LogP contribution in [0.25, 0.3) is 11.1 Å². The number of hydrogen-bond donors (Lipinski definition) is 2. The van der Waals surface area contributed by atoms with Gasteiger partial charge in [0.05, 0.1) is 7.11 Å². The van der Waals surface area contributed by atoms with E-state index < -0.39 is 24.0 Å². The summed E-state index contributed by atoms with van der Waals surface area (Å²) in [6.45, 7) is 0.129. The molecule has 1 aliphatic carbocycles. The zero-order chi connectivity index (χ0) is 20.1. The molecule has 0 fully saturated rings. The van der Waals surface area contributed by atoms with Gasteiger partial charge in [-0.05, 0) is 28.7 Å². The highest BCUT2D eigenvalue weighted by Gasteiger charge is 2.30.